The van der Waals surface area contributed by atoms with Gasteiger partial charge in [-0.2, -0.15) is 4.98 Å². The molecule has 3 heteroatoms. The highest BCUT2D eigenvalue weighted by Gasteiger charge is 2.05. The third kappa shape index (κ3) is 1.88. The second-order valence-electron chi connectivity index (χ2n) is 4.67. The van der Waals surface area contributed by atoms with Crippen LogP contribution in [0.15, 0.2) is 47.3 Å². The van der Waals surface area contributed by atoms with Crippen molar-refractivity contribution >= 4 is 11.2 Å². The number of pyridine rings is 1. The SMILES string of the molecule is CC(C)c1ccc(-c2cnc3ncoc3c2)cc1. The van der Waals surface area contributed by atoms with E-state index < -0.39 is 0 Å². The first kappa shape index (κ1) is 11.0. The molecular weight excluding hydrogens is 224 g/mol. The average molecular weight is 238 g/mol. The predicted molar refractivity (Wildman–Crippen MR) is 71.3 cm³/mol. The van der Waals surface area contributed by atoms with Crippen molar-refractivity contribution in [3.63, 3.8) is 0 Å². The zero-order chi connectivity index (χ0) is 12.5. The second-order valence-corrected chi connectivity index (χ2v) is 4.67. The van der Waals surface area contributed by atoms with E-state index in [9.17, 15) is 0 Å². The summed E-state index contributed by atoms with van der Waals surface area (Å²) in [5.41, 5.74) is 4.91. The molecule has 3 rings (SSSR count). The normalized spacial score (nSPS) is 11.3. The van der Waals surface area contributed by atoms with Crippen molar-refractivity contribution in [3.8, 4) is 11.1 Å². The Labute approximate surface area is 105 Å². The molecule has 1 aromatic carbocycles. The summed E-state index contributed by atoms with van der Waals surface area (Å²) in [5, 5.41) is 0. The quantitative estimate of drug-likeness (QED) is 0.677. The highest BCUT2D eigenvalue weighted by molar-refractivity contribution is 5.75. The minimum Gasteiger partial charge on any atom is -0.442 e. The summed E-state index contributed by atoms with van der Waals surface area (Å²) < 4.78 is 5.27. The predicted octanol–water partition coefficient (Wildman–Crippen LogP) is 4.01. The van der Waals surface area contributed by atoms with Crippen LogP contribution in [0.2, 0.25) is 0 Å². The molecule has 0 spiro atoms. The molecule has 0 unspecified atom stereocenters. The van der Waals surface area contributed by atoms with E-state index in [1.165, 1.54) is 12.0 Å². The molecule has 18 heavy (non-hydrogen) atoms. The van der Waals surface area contributed by atoms with E-state index in [4.69, 9.17) is 4.42 Å². The highest BCUT2D eigenvalue weighted by atomic mass is 16.3. The topological polar surface area (TPSA) is 38.9 Å². The Morgan fingerprint density at radius 1 is 1.00 bits per heavy atom. The van der Waals surface area contributed by atoms with Gasteiger partial charge in [0, 0.05) is 11.8 Å². The van der Waals surface area contributed by atoms with Gasteiger partial charge in [-0.3, -0.25) is 0 Å². The van der Waals surface area contributed by atoms with Gasteiger partial charge >= 0.3 is 0 Å². The monoisotopic (exact) mass is 238 g/mol. The Kier molecular flexibility index (Phi) is 2.59. The number of aromatic nitrogens is 2. The molecule has 2 aromatic heterocycles. The lowest BCUT2D eigenvalue weighted by Gasteiger charge is -2.06. The van der Waals surface area contributed by atoms with Gasteiger partial charge in [0.15, 0.2) is 17.6 Å². The Bertz CT molecular complexity index is 668. The van der Waals surface area contributed by atoms with Crippen LogP contribution in [-0.2, 0) is 0 Å². The molecule has 0 aliphatic carbocycles. The lowest BCUT2D eigenvalue weighted by atomic mass is 9.99. The number of benzene rings is 1. The van der Waals surface area contributed by atoms with Crippen LogP contribution in [0.1, 0.15) is 25.3 Å². The third-order valence-corrected chi connectivity index (χ3v) is 3.10. The van der Waals surface area contributed by atoms with Gasteiger partial charge in [0.25, 0.3) is 0 Å². The molecule has 0 N–H and O–H groups in total. The van der Waals surface area contributed by atoms with E-state index in [0.717, 1.165) is 16.7 Å². The standard InChI is InChI=1S/C15H14N2O/c1-10(2)11-3-5-12(6-4-11)13-7-14-15(16-8-13)17-9-18-14/h3-10H,1-2H3. The molecule has 0 saturated carbocycles. The molecule has 0 fully saturated rings. The summed E-state index contributed by atoms with van der Waals surface area (Å²) in [7, 11) is 0. The molecule has 3 aromatic rings. The van der Waals surface area contributed by atoms with Crippen LogP contribution in [0.5, 0.6) is 0 Å². The van der Waals surface area contributed by atoms with Crippen molar-refractivity contribution in [1.82, 2.24) is 9.97 Å². The minimum atomic E-state index is 0.550. The fourth-order valence-corrected chi connectivity index (χ4v) is 1.97. The zero-order valence-corrected chi connectivity index (χ0v) is 10.4. The van der Waals surface area contributed by atoms with E-state index >= 15 is 0 Å². The first-order valence-corrected chi connectivity index (χ1v) is 6.03. The number of hydrogen-bond donors (Lipinski definition) is 0. The number of rotatable bonds is 2. The average Bonchev–Trinajstić information content (AvgIpc) is 2.86. The van der Waals surface area contributed by atoms with Crippen LogP contribution in [0, 0.1) is 0 Å². The van der Waals surface area contributed by atoms with Crippen molar-refractivity contribution < 1.29 is 4.42 Å². The van der Waals surface area contributed by atoms with Gasteiger partial charge < -0.3 is 4.42 Å². The molecule has 2 heterocycles. The maximum atomic E-state index is 5.27. The van der Waals surface area contributed by atoms with Crippen molar-refractivity contribution in [2.75, 3.05) is 0 Å². The Balaban J connectivity index is 2.02. The van der Waals surface area contributed by atoms with Crippen LogP contribution in [0.3, 0.4) is 0 Å². The Hall–Kier alpha value is -2.16. The molecule has 0 radical (unpaired) electrons. The summed E-state index contributed by atoms with van der Waals surface area (Å²) in [6, 6.07) is 10.5. The summed E-state index contributed by atoms with van der Waals surface area (Å²) in [6.45, 7) is 4.38. The molecule has 0 amide bonds. The van der Waals surface area contributed by atoms with Crippen LogP contribution in [0.25, 0.3) is 22.4 Å². The largest absolute Gasteiger partial charge is 0.442 e. The zero-order valence-electron chi connectivity index (χ0n) is 10.4. The minimum absolute atomic E-state index is 0.550. The molecule has 0 aliphatic rings. The van der Waals surface area contributed by atoms with E-state index in [-0.39, 0.29) is 0 Å². The first-order valence-electron chi connectivity index (χ1n) is 6.03. The van der Waals surface area contributed by atoms with Gasteiger partial charge in [0.1, 0.15) is 0 Å². The van der Waals surface area contributed by atoms with Crippen LogP contribution >= 0.6 is 0 Å². The molecule has 0 bridgehead atoms. The maximum Gasteiger partial charge on any atom is 0.198 e. The van der Waals surface area contributed by atoms with Crippen molar-refractivity contribution in [1.29, 1.82) is 0 Å². The number of nitrogens with zero attached hydrogens (tertiary/aromatic N) is 2. The van der Waals surface area contributed by atoms with Crippen LogP contribution in [-0.4, -0.2) is 9.97 Å². The molecule has 3 nitrogen and oxygen atoms in total. The van der Waals surface area contributed by atoms with Crippen molar-refractivity contribution in [2.24, 2.45) is 0 Å². The first-order chi connectivity index (χ1) is 8.74. The Morgan fingerprint density at radius 3 is 2.50 bits per heavy atom. The summed E-state index contributed by atoms with van der Waals surface area (Å²) >= 11 is 0. The van der Waals surface area contributed by atoms with Crippen molar-refractivity contribution in [3.05, 3.63) is 48.5 Å². The lowest BCUT2D eigenvalue weighted by Crippen LogP contribution is -1.87. The van der Waals surface area contributed by atoms with Gasteiger partial charge in [-0.1, -0.05) is 38.1 Å². The van der Waals surface area contributed by atoms with Crippen LogP contribution < -0.4 is 0 Å². The summed E-state index contributed by atoms with van der Waals surface area (Å²) in [6.07, 6.45) is 3.25. The summed E-state index contributed by atoms with van der Waals surface area (Å²) in [5.74, 6) is 0.550. The van der Waals surface area contributed by atoms with Gasteiger partial charge in [-0.15, -0.1) is 0 Å². The lowest BCUT2D eigenvalue weighted by molar-refractivity contribution is 0.602. The fourth-order valence-electron chi connectivity index (χ4n) is 1.97. The molecule has 90 valence electrons. The van der Waals surface area contributed by atoms with E-state index in [1.807, 2.05) is 12.3 Å². The van der Waals surface area contributed by atoms with Gasteiger partial charge in [0.2, 0.25) is 0 Å². The smallest absolute Gasteiger partial charge is 0.198 e. The second kappa shape index (κ2) is 4.26. The number of oxazole rings is 1. The third-order valence-electron chi connectivity index (χ3n) is 3.10. The molecule has 0 atom stereocenters. The van der Waals surface area contributed by atoms with Crippen molar-refractivity contribution in [2.45, 2.75) is 19.8 Å². The van der Waals surface area contributed by atoms with E-state index in [0.29, 0.717) is 11.6 Å². The molecular formula is C15H14N2O. The van der Waals surface area contributed by atoms with Crippen LogP contribution in [0.4, 0.5) is 0 Å². The molecule has 0 aliphatic heterocycles. The maximum absolute atomic E-state index is 5.27. The number of fused-ring (bicyclic) bond motifs is 1. The van der Waals surface area contributed by atoms with E-state index in [1.54, 1.807) is 0 Å². The van der Waals surface area contributed by atoms with E-state index in [2.05, 4.69) is 48.1 Å². The fraction of sp³-hybridized carbons (Fsp3) is 0.200. The number of hydrogen-bond acceptors (Lipinski definition) is 3. The summed E-state index contributed by atoms with van der Waals surface area (Å²) in [4.78, 5) is 8.28. The Morgan fingerprint density at radius 2 is 1.78 bits per heavy atom. The molecule has 0 saturated heterocycles. The van der Waals surface area contributed by atoms with Gasteiger partial charge in [-0.05, 0) is 23.1 Å². The highest BCUT2D eigenvalue weighted by Crippen LogP contribution is 2.24. The van der Waals surface area contributed by atoms with Gasteiger partial charge in [-0.25, -0.2) is 4.98 Å². The van der Waals surface area contributed by atoms with Gasteiger partial charge in [0.05, 0.1) is 0 Å².